The van der Waals surface area contributed by atoms with Gasteiger partial charge >= 0.3 is 6.61 Å². The number of halogens is 2. The Morgan fingerprint density at radius 3 is 2.52 bits per heavy atom. The predicted octanol–water partition coefficient (Wildman–Crippen LogP) is 3.94. The van der Waals surface area contributed by atoms with Crippen molar-refractivity contribution in [2.24, 2.45) is 21.8 Å². The van der Waals surface area contributed by atoms with E-state index >= 15 is 0 Å². The minimum absolute atomic E-state index is 0.00730. The second-order valence-corrected chi connectivity index (χ2v) is 6.92. The molecule has 0 aromatic carbocycles. The van der Waals surface area contributed by atoms with E-state index in [9.17, 15) is 18.8 Å². The molecule has 29 heavy (non-hydrogen) atoms. The Hall–Kier alpha value is -3.02. The lowest BCUT2D eigenvalue weighted by Gasteiger charge is -2.15. The number of alkyl halides is 2. The van der Waals surface area contributed by atoms with E-state index in [1.54, 1.807) is 13.0 Å². The minimum Gasteiger partial charge on any atom is -0.417 e. The van der Waals surface area contributed by atoms with E-state index in [0.717, 1.165) is 12.8 Å². The molecule has 1 fully saturated rings. The van der Waals surface area contributed by atoms with E-state index in [2.05, 4.69) is 26.8 Å². The summed E-state index contributed by atoms with van der Waals surface area (Å²) in [6.45, 7) is 7.60. The van der Waals surface area contributed by atoms with E-state index < -0.39 is 6.61 Å². The molecule has 7 nitrogen and oxygen atoms in total. The van der Waals surface area contributed by atoms with E-state index in [0.29, 0.717) is 23.7 Å². The van der Waals surface area contributed by atoms with Crippen LogP contribution in [0.5, 0.6) is 0 Å². The van der Waals surface area contributed by atoms with Gasteiger partial charge in [-0.1, -0.05) is 13.8 Å². The summed E-state index contributed by atoms with van der Waals surface area (Å²) in [4.78, 5) is 20.8. The SMILES string of the molecule is C=N/C(OC(F)F)=C(C)\C=C(\NC=N/C(C#N)=C\N(CC1CC1)C(C)=O)C(C)C. The number of nitriles is 1. The molecule has 0 aliphatic heterocycles. The van der Waals surface area contributed by atoms with Gasteiger partial charge in [-0.05, 0) is 44.4 Å². The van der Waals surface area contributed by atoms with Gasteiger partial charge in [0.2, 0.25) is 11.8 Å². The number of allylic oxidation sites excluding steroid dienone is 4. The molecule has 0 aromatic rings. The zero-order chi connectivity index (χ0) is 22.0. The summed E-state index contributed by atoms with van der Waals surface area (Å²) in [5.41, 5.74) is 1.07. The van der Waals surface area contributed by atoms with Gasteiger partial charge in [0.1, 0.15) is 6.07 Å². The van der Waals surface area contributed by atoms with Gasteiger partial charge in [0, 0.05) is 30.9 Å². The number of carbonyl (C=O) groups is 1. The standard InChI is InChI=1S/C20H27F2N5O2/c1-13(2)18(8-14(3)19(24-5)29-20(21)22)26-12-25-17(9-23)11-27(15(4)28)10-16-6-7-16/h8,11-13,16,20H,5-7,10H2,1-4H3,(H,25,26)/b17-11-,18-8+,19-14+. The summed E-state index contributed by atoms with van der Waals surface area (Å²) < 4.78 is 29.2. The number of hydrogen-bond donors (Lipinski definition) is 1. The van der Waals surface area contributed by atoms with Crippen LogP contribution in [0.25, 0.3) is 0 Å². The van der Waals surface area contributed by atoms with Crippen molar-refractivity contribution in [3.8, 4) is 6.07 Å². The second kappa shape index (κ2) is 11.7. The van der Waals surface area contributed by atoms with Gasteiger partial charge in [-0.3, -0.25) is 4.79 Å². The number of nitrogens with one attached hydrogen (secondary N) is 1. The molecule has 1 aliphatic carbocycles. The summed E-state index contributed by atoms with van der Waals surface area (Å²) in [6, 6.07) is 1.95. The molecule has 0 spiro atoms. The number of rotatable bonds is 11. The van der Waals surface area contributed by atoms with Gasteiger partial charge in [0.25, 0.3) is 0 Å². The number of carbonyl (C=O) groups excluding carboxylic acids is 1. The van der Waals surface area contributed by atoms with Gasteiger partial charge in [-0.2, -0.15) is 14.0 Å². The number of amides is 1. The molecule has 9 heteroatoms. The Kier molecular flexibility index (Phi) is 9.72. The Morgan fingerprint density at radius 2 is 2.07 bits per heavy atom. The molecular weight excluding hydrogens is 380 g/mol. The van der Waals surface area contributed by atoms with Crippen LogP contribution in [-0.4, -0.2) is 37.0 Å². The number of nitrogens with zero attached hydrogens (tertiary/aromatic N) is 4. The molecule has 1 rings (SSSR count). The van der Waals surface area contributed by atoms with E-state index in [1.165, 1.54) is 24.4 Å². The van der Waals surface area contributed by atoms with Crippen LogP contribution < -0.4 is 5.32 Å². The van der Waals surface area contributed by atoms with Crippen molar-refractivity contribution in [2.75, 3.05) is 6.54 Å². The van der Waals surface area contributed by atoms with Crippen molar-refractivity contribution in [3.05, 3.63) is 35.1 Å². The molecule has 0 radical (unpaired) electrons. The minimum atomic E-state index is -3.00. The first-order chi connectivity index (χ1) is 13.7. The molecule has 0 saturated heterocycles. The smallest absolute Gasteiger partial charge is 0.388 e. The zero-order valence-corrected chi connectivity index (χ0v) is 17.2. The van der Waals surface area contributed by atoms with Crippen LogP contribution in [0.2, 0.25) is 0 Å². The quantitative estimate of drug-likeness (QED) is 0.185. The number of aliphatic imine (C=N–C) groups is 2. The van der Waals surface area contributed by atoms with Crippen molar-refractivity contribution in [1.82, 2.24) is 10.2 Å². The summed E-state index contributed by atoms with van der Waals surface area (Å²) in [7, 11) is 0. The first-order valence-corrected chi connectivity index (χ1v) is 9.20. The fraction of sp³-hybridized carbons (Fsp3) is 0.500. The van der Waals surface area contributed by atoms with Gasteiger partial charge < -0.3 is 15.0 Å². The summed E-state index contributed by atoms with van der Waals surface area (Å²) >= 11 is 0. The molecule has 1 amide bonds. The zero-order valence-electron chi connectivity index (χ0n) is 17.2. The molecule has 1 aliphatic rings. The van der Waals surface area contributed by atoms with E-state index in [-0.39, 0.29) is 23.4 Å². The average Bonchev–Trinajstić information content (AvgIpc) is 3.46. The highest BCUT2D eigenvalue weighted by Gasteiger charge is 2.25. The lowest BCUT2D eigenvalue weighted by molar-refractivity contribution is -0.126. The first-order valence-electron chi connectivity index (χ1n) is 9.20. The van der Waals surface area contributed by atoms with Crippen LogP contribution in [-0.2, 0) is 9.53 Å². The largest absolute Gasteiger partial charge is 0.417 e. The Morgan fingerprint density at radius 1 is 1.41 bits per heavy atom. The van der Waals surface area contributed by atoms with Gasteiger partial charge in [-0.15, -0.1) is 0 Å². The van der Waals surface area contributed by atoms with Crippen LogP contribution in [0.3, 0.4) is 0 Å². The van der Waals surface area contributed by atoms with Gasteiger partial charge in [-0.25, -0.2) is 9.98 Å². The molecule has 0 unspecified atom stereocenters. The summed E-state index contributed by atoms with van der Waals surface area (Å²) in [5, 5.41) is 12.2. The van der Waals surface area contributed by atoms with Crippen LogP contribution in [0.15, 0.2) is 45.1 Å². The Labute approximate surface area is 170 Å². The third-order valence-corrected chi connectivity index (χ3v) is 4.06. The van der Waals surface area contributed by atoms with Crippen molar-refractivity contribution >= 4 is 19.0 Å². The van der Waals surface area contributed by atoms with Crippen molar-refractivity contribution < 1.29 is 18.3 Å². The lowest BCUT2D eigenvalue weighted by atomic mass is 10.1. The van der Waals surface area contributed by atoms with Gasteiger partial charge in [0.15, 0.2) is 5.70 Å². The topological polar surface area (TPSA) is 90.1 Å². The highest BCUT2D eigenvalue weighted by Crippen LogP contribution is 2.30. The molecular formula is C20H27F2N5O2. The van der Waals surface area contributed by atoms with Crippen molar-refractivity contribution in [3.63, 3.8) is 0 Å². The lowest BCUT2D eigenvalue weighted by Crippen LogP contribution is -2.25. The molecule has 1 N–H and O–H groups in total. The van der Waals surface area contributed by atoms with Crippen LogP contribution in [0, 0.1) is 23.2 Å². The maximum atomic E-state index is 12.4. The number of ether oxygens (including phenoxy) is 1. The van der Waals surface area contributed by atoms with Crippen LogP contribution in [0.1, 0.15) is 40.5 Å². The first kappa shape index (κ1) is 24.0. The molecule has 0 atom stereocenters. The number of hydrogen-bond acceptors (Lipinski definition) is 5. The Bertz CT molecular complexity index is 759. The normalized spacial score (nSPS) is 16.0. The third-order valence-electron chi connectivity index (χ3n) is 4.06. The van der Waals surface area contributed by atoms with E-state index in [1.807, 2.05) is 19.9 Å². The van der Waals surface area contributed by atoms with Crippen molar-refractivity contribution in [1.29, 1.82) is 5.26 Å². The fourth-order valence-corrected chi connectivity index (χ4v) is 2.28. The van der Waals surface area contributed by atoms with Crippen LogP contribution in [0.4, 0.5) is 8.78 Å². The fourth-order valence-electron chi connectivity index (χ4n) is 2.28. The Balaban J connectivity index is 2.95. The third kappa shape index (κ3) is 9.14. The summed E-state index contributed by atoms with van der Waals surface area (Å²) in [6.07, 6.45) is 6.50. The maximum Gasteiger partial charge on any atom is 0.388 e. The van der Waals surface area contributed by atoms with Crippen LogP contribution >= 0.6 is 0 Å². The monoisotopic (exact) mass is 407 g/mol. The average molecular weight is 407 g/mol. The molecule has 0 bridgehead atoms. The molecule has 0 aromatic heterocycles. The second-order valence-electron chi connectivity index (χ2n) is 6.92. The summed E-state index contributed by atoms with van der Waals surface area (Å²) in [5.74, 6) is 0.0455. The predicted molar refractivity (Wildman–Crippen MR) is 108 cm³/mol. The molecule has 0 heterocycles. The van der Waals surface area contributed by atoms with E-state index in [4.69, 9.17) is 0 Å². The van der Waals surface area contributed by atoms with Crippen molar-refractivity contribution in [2.45, 2.75) is 47.1 Å². The molecule has 158 valence electrons. The van der Waals surface area contributed by atoms with Gasteiger partial charge in [0.05, 0.1) is 6.34 Å². The highest BCUT2D eigenvalue weighted by molar-refractivity contribution is 5.74. The molecule has 1 saturated carbocycles. The maximum absolute atomic E-state index is 12.4. The highest BCUT2D eigenvalue weighted by atomic mass is 19.3.